The van der Waals surface area contributed by atoms with Crippen LogP contribution >= 0.6 is 11.3 Å². The van der Waals surface area contributed by atoms with Gasteiger partial charge in [-0.25, -0.2) is 4.99 Å². The zero-order valence-corrected chi connectivity index (χ0v) is 18.9. The second-order valence-corrected chi connectivity index (χ2v) is 10.1. The summed E-state index contributed by atoms with van der Waals surface area (Å²) in [6, 6.07) is 8.01. The van der Waals surface area contributed by atoms with E-state index in [4.69, 9.17) is 5.73 Å². The first-order valence-corrected chi connectivity index (χ1v) is 11.6. The highest BCUT2D eigenvalue weighted by Crippen LogP contribution is 2.60. The molecule has 1 aliphatic carbocycles. The quantitative estimate of drug-likeness (QED) is 0.637. The largest absolute Gasteiger partial charge is 0.417 e. The number of nitrogens with one attached hydrogen (secondary N) is 2. The number of alkyl halides is 3. The number of nitrogens with zero attached hydrogens (tertiary/aromatic N) is 3. The van der Waals surface area contributed by atoms with Gasteiger partial charge in [-0.05, 0) is 44.2 Å². The van der Waals surface area contributed by atoms with Crippen molar-refractivity contribution in [2.45, 2.75) is 31.6 Å². The molecule has 1 aromatic carbocycles. The maximum absolute atomic E-state index is 13.7. The summed E-state index contributed by atoms with van der Waals surface area (Å²) >= 11 is 0.983. The molecule has 0 spiro atoms. The van der Waals surface area contributed by atoms with E-state index in [0.717, 1.165) is 67.1 Å². The van der Waals surface area contributed by atoms with Gasteiger partial charge in [0.25, 0.3) is 0 Å². The number of thiophene rings is 1. The molecule has 1 atom stereocenters. The normalized spacial score (nSPS) is 25.1. The van der Waals surface area contributed by atoms with Crippen LogP contribution in [-0.2, 0) is 11.8 Å². The van der Waals surface area contributed by atoms with Crippen LogP contribution in [0.1, 0.15) is 30.9 Å². The van der Waals surface area contributed by atoms with Crippen LogP contribution in [0.2, 0.25) is 0 Å². The molecule has 3 aliphatic rings. The summed E-state index contributed by atoms with van der Waals surface area (Å²) in [7, 11) is 2.12. The Morgan fingerprint density at radius 1 is 1.12 bits per heavy atom. The minimum Gasteiger partial charge on any atom is -0.369 e. The van der Waals surface area contributed by atoms with E-state index in [1.165, 1.54) is 0 Å². The molecule has 2 fully saturated rings. The van der Waals surface area contributed by atoms with Gasteiger partial charge in [0.15, 0.2) is 0 Å². The molecule has 2 aromatic rings. The third kappa shape index (κ3) is 3.64. The second kappa shape index (κ2) is 7.36. The van der Waals surface area contributed by atoms with Gasteiger partial charge >= 0.3 is 6.18 Å². The average Bonchev–Trinajstić information content (AvgIpc) is 3.34. The fourth-order valence-electron chi connectivity index (χ4n) is 4.45. The van der Waals surface area contributed by atoms with E-state index in [1.54, 1.807) is 0 Å². The Morgan fingerprint density at radius 3 is 2.38 bits per heavy atom. The number of guanidine groups is 1. The van der Waals surface area contributed by atoms with Crippen LogP contribution in [0, 0.1) is 5.41 Å². The Labute approximate surface area is 189 Å². The minimum absolute atomic E-state index is 0.0611. The van der Waals surface area contributed by atoms with Gasteiger partial charge in [0.2, 0.25) is 5.96 Å². The van der Waals surface area contributed by atoms with Crippen LogP contribution in [-0.4, -0.2) is 44.1 Å². The lowest BCUT2D eigenvalue weighted by Gasteiger charge is -2.41. The Hall–Kier alpha value is -2.30. The summed E-state index contributed by atoms with van der Waals surface area (Å²) in [5.74, 6) is 0.371. The highest BCUT2D eigenvalue weighted by Gasteiger charge is 2.60. The van der Waals surface area contributed by atoms with Gasteiger partial charge in [0, 0.05) is 53.9 Å². The van der Waals surface area contributed by atoms with Crippen molar-refractivity contribution in [2.24, 2.45) is 16.1 Å². The van der Waals surface area contributed by atoms with Crippen molar-refractivity contribution in [3.05, 3.63) is 40.8 Å². The van der Waals surface area contributed by atoms with E-state index in [1.807, 2.05) is 31.2 Å². The first-order valence-electron chi connectivity index (χ1n) is 10.7. The van der Waals surface area contributed by atoms with Crippen molar-refractivity contribution in [3.63, 3.8) is 0 Å². The molecule has 0 bridgehead atoms. The van der Waals surface area contributed by atoms with Crippen LogP contribution in [0.4, 0.5) is 29.5 Å². The van der Waals surface area contributed by atoms with Crippen molar-refractivity contribution in [2.75, 3.05) is 43.4 Å². The summed E-state index contributed by atoms with van der Waals surface area (Å²) in [6.07, 6.45) is -2.95. The lowest BCUT2D eigenvalue weighted by Crippen LogP contribution is -2.61. The highest BCUT2D eigenvalue weighted by molar-refractivity contribution is 7.14. The standard InChI is InChI=1S/C22H27F3N6S/c1-20(7-8-20)21(26)17-16(22(23,24)25)13-32-18(17)28-19(29-21)27-14-3-5-15(6-4-14)31-11-9-30(2)10-12-31/h3-6,13H,7-12,26H2,1-2H3,(H2,27,28,29). The van der Waals surface area contributed by atoms with Crippen molar-refractivity contribution in [1.29, 1.82) is 0 Å². The Kier molecular flexibility index (Phi) is 4.95. The molecule has 32 heavy (non-hydrogen) atoms. The zero-order valence-electron chi connectivity index (χ0n) is 18.1. The van der Waals surface area contributed by atoms with Gasteiger partial charge in [-0.1, -0.05) is 6.92 Å². The molecule has 6 nitrogen and oxygen atoms in total. The van der Waals surface area contributed by atoms with Gasteiger partial charge in [0.1, 0.15) is 10.7 Å². The maximum Gasteiger partial charge on any atom is 0.417 e. The fourth-order valence-corrected chi connectivity index (χ4v) is 5.46. The summed E-state index contributed by atoms with van der Waals surface area (Å²) in [4.78, 5) is 9.10. The zero-order chi connectivity index (χ0) is 22.7. The molecule has 2 aliphatic heterocycles. The van der Waals surface area contributed by atoms with Crippen molar-refractivity contribution >= 4 is 33.7 Å². The van der Waals surface area contributed by atoms with Crippen LogP contribution in [0.25, 0.3) is 0 Å². The molecule has 172 valence electrons. The molecule has 1 unspecified atom stereocenters. The Balaban J connectivity index is 1.41. The number of likely N-dealkylation sites (N-methyl/N-ethyl adjacent to an activating group) is 1. The molecule has 10 heteroatoms. The average molecular weight is 465 g/mol. The molecular weight excluding hydrogens is 437 g/mol. The first-order chi connectivity index (χ1) is 15.1. The molecule has 3 heterocycles. The Bertz CT molecular complexity index is 1030. The van der Waals surface area contributed by atoms with Crippen molar-refractivity contribution in [3.8, 4) is 0 Å². The number of anilines is 2. The van der Waals surface area contributed by atoms with Crippen molar-refractivity contribution < 1.29 is 13.2 Å². The fraction of sp³-hybridized carbons (Fsp3) is 0.500. The third-order valence-corrected chi connectivity index (χ3v) is 7.82. The predicted octanol–water partition coefficient (Wildman–Crippen LogP) is 4.13. The topological polar surface area (TPSA) is 68.9 Å². The number of rotatable bonds is 3. The van der Waals surface area contributed by atoms with Gasteiger partial charge in [-0.2, -0.15) is 13.2 Å². The molecule has 1 saturated heterocycles. The van der Waals surface area contributed by atoms with Crippen LogP contribution < -0.4 is 21.3 Å². The molecule has 1 aromatic heterocycles. The lowest BCUT2D eigenvalue weighted by molar-refractivity contribution is -0.138. The number of hydrogen-bond acceptors (Lipinski definition) is 7. The Morgan fingerprint density at radius 2 is 1.78 bits per heavy atom. The van der Waals surface area contributed by atoms with E-state index >= 15 is 0 Å². The summed E-state index contributed by atoms with van der Waals surface area (Å²) in [5.41, 5.74) is 6.21. The van der Waals surface area contributed by atoms with E-state index in [9.17, 15) is 13.2 Å². The number of benzene rings is 1. The predicted molar refractivity (Wildman–Crippen MR) is 123 cm³/mol. The molecule has 1 saturated carbocycles. The van der Waals surface area contributed by atoms with Crippen LogP contribution in [0.5, 0.6) is 0 Å². The number of nitrogens with two attached hydrogens (primary N) is 1. The molecule has 0 amide bonds. The molecule has 5 rings (SSSR count). The summed E-state index contributed by atoms with van der Waals surface area (Å²) in [6.45, 7) is 5.95. The third-order valence-electron chi connectivity index (χ3n) is 6.95. The van der Waals surface area contributed by atoms with Crippen LogP contribution in [0.3, 0.4) is 0 Å². The van der Waals surface area contributed by atoms with Gasteiger partial charge in [-0.15, -0.1) is 11.3 Å². The number of aliphatic imine (C=N–C) groups is 1. The second-order valence-electron chi connectivity index (χ2n) is 9.24. The number of hydrogen-bond donors (Lipinski definition) is 3. The van der Waals surface area contributed by atoms with Crippen molar-refractivity contribution in [1.82, 2.24) is 10.2 Å². The van der Waals surface area contributed by atoms with Crippen LogP contribution in [0.15, 0.2) is 34.6 Å². The van der Waals surface area contributed by atoms with Gasteiger partial charge < -0.3 is 26.2 Å². The minimum atomic E-state index is -4.47. The highest BCUT2D eigenvalue weighted by atomic mass is 32.1. The SMILES string of the molecule is CN1CCN(c2ccc(NC3=Nc4scc(C(F)(F)F)c4C(N)(C4(C)CC4)N3)cc2)CC1. The number of halogens is 3. The maximum atomic E-state index is 13.7. The lowest BCUT2D eigenvalue weighted by atomic mass is 9.83. The smallest absolute Gasteiger partial charge is 0.369 e. The number of piperazine rings is 1. The van der Waals surface area contributed by atoms with E-state index in [-0.39, 0.29) is 5.56 Å². The van der Waals surface area contributed by atoms with E-state index in [0.29, 0.717) is 11.0 Å². The summed E-state index contributed by atoms with van der Waals surface area (Å²) in [5, 5.41) is 7.78. The summed E-state index contributed by atoms with van der Waals surface area (Å²) < 4.78 is 41.0. The molecular formula is C22H27F3N6S. The monoisotopic (exact) mass is 464 g/mol. The number of fused-ring (bicyclic) bond motifs is 1. The van der Waals surface area contributed by atoms with Gasteiger partial charge in [0.05, 0.1) is 5.56 Å². The van der Waals surface area contributed by atoms with E-state index < -0.39 is 22.8 Å². The molecule has 0 radical (unpaired) electrons. The first kappa shape index (κ1) is 21.5. The van der Waals surface area contributed by atoms with Gasteiger partial charge in [-0.3, -0.25) is 0 Å². The molecule has 4 N–H and O–H groups in total. The van der Waals surface area contributed by atoms with E-state index in [2.05, 4.69) is 32.5 Å².